The second-order valence-electron chi connectivity index (χ2n) is 4.53. The lowest BCUT2D eigenvalue weighted by Gasteiger charge is -2.00. The van der Waals surface area contributed by atoms with Crippen LogP contribution in [0.25, 0.3) is 0 Å². The van der Waals surface area contributed by atoms with Gasteiger partial charge in [0, 0.05) is 0 Å². The third kappa shape index (κ3) is 11.3. The Morgan fingerprint density at radius 2 is 1.59 bits per heavy atom. The molecule has 1 atom stereocenters. The van der Waals surface area contributed by atoms with Crippen molar-refractivity contribution in [1.29, 1.82) is 0 Å². The molecule has 0 spiro atoms. The van der Waals surface area contributed by atoms with Gasteiger partial charge in [-0.1, -0.05) is 51.9 Å². The zero-order valence-electron chi connectivity index (χ0n) is 11.3. The Morgan fingerprint density at radius 1 is 1.06 bits per heavy atom. The number of hydrogen-bond donors (Lipinski definition) is 1. The Bertz CT molecular complexity index is 217. The number of amides is 1. The maximum atomic E-state index is 10.7. The smallest absolute Gasteiger partial charge is 0.243 e. The van der Waals surface area contributed by atoms with Gasteiger partial charge in [0.25, 0.3) is 0 Å². The molecule has 0 rings (SSSR count). The summed E-state index contributed by atoms with van der Waals surface area (Å²) in [6.07, 6.45) is 10.3. The molecule has 0 bridgehead atoms. The summed E-state index contributed by atoms with van der Waals surface area (Å²) in [6, 6.07) is -0.482. The first-order valence-corrected chi connectivity index (χ1v) is 6.84. The Morgan fingerprint density at radius 3 is 2.12 bits per heavy atom. The van der Waals surface area contributed by atoms with Crippen LogP contribution in [0.4, 0.5) is 0 Å². The molecule has 1 amide bonds. The molecule has 0 aliphatic carbocycles. The van der Waals surface area contributed by atoms with E-state index in [4.69, 9.17) is 5.73 Å². The molecule has 0 saturated carbocycles. The summed E-state index contributed by atoms with van der Waals surface area (Å²) in [5.41, 5.74) is 5.06. The van der Waals surface area contributed by atoms with Crippen molar-refractivity contribution in [3.05, 3.63) is 0 Å². The van der Waals surface area contributed by atoms with Crippen LogP contribution in [0.3, 0.4) is 0 Å². The van der Waals surface area contributed by atoms with Crippen molar-refractivity contribution in [1.82, 2.24) is 0 Å². The molecule has 0 aliphatic rings. The van der Waals surface area contributed by atoms with E-state index in [-0.39, 0.29) is 0 Å². The molecule has 2 N–H and O–H groups in total. The minimum absolute atomic E-state index is 0.412. The zero-order chi connectivity index (χ0) is 12.9. The van der Waals surface area contributed by atoms with Crippen LogP contribution in [0.5, 0.6) is 0 Å². The average molecular weight is 241 g/mol. The Labute approximate surface area is 105 Å². The normalized spacial score (nSPS) is 13.1. The summed E-state index contributed by atoms with van der Waals surface area (Å²) < 4.78 is 0. The molecule has 0 aromatic heterocycles. The number of carbonyl (C=O) groups is 1. The maximum absolute atomic E-state index is 10.7. The molecule has 0 aromatic carbocycles. The summed E-state index contributed by atoms with van der Waals surface area (Å²) in [6.45, 7) is 4.62. The summed E-state index contributed by atoms with van der Waals surface area (Å²) >= 11 is 0. The van der Waals surface area contributed by atoms with Crippen molar-refractivity contribution in [3.8, 4) is 0 Å². The van der Waals surface area contributed by atoms with Gasteiger partial charge in [-0.05, 0) is 13.3 Å². The Hall–Kier alpha value is -0.930. The van der Waals surface area contributed by atoms with E-state index in [0.717, 1.165) is 6.42 Å². The van der Waals surface area contributed by atoms with Gasteiger partial charge < -0.3 is 5.73 Å². The molecular formula is C13H27N3O. The van der Waals surface area contributed by atoms with Crippen LogP contribution in [0.2, 0.25) is 0 Å². The van der Waals surface area contributed by atoms with Crippen LogP contribution in [0.1, 0.15) is 65.2 Å². The topological polar surface area (TPSA) is 67.8 Å². The molecule has 4 heteroatoms. The van der Waals surface area contributed by atoms with Gasteiger partial charge in [-0.3, -0.25) is 4.79 Å². The standard InChI is InChI=1S/C13H27N3O/c1-3-4-5-6-7-8-9-10-11-15-16-12(2)13(14)17/h12H,3-11H2,1-2H3,(H2,14,17). The van der Waals surface area contributed by atoms with Crippen LogP contribution < -0.4 is 5.73 Å². The van der Waals surface area contributed by atoms with Gasteiger partial charge in [-0.2, -0.15) is 10.2 Å². The van der Waals surface area contributed by atoms with Crippen LogP contribution in [0.15, 0.2) is 10.2 Å². The number of nitrogens with zero attached hydrogens (tertiary/aromatic N) is 2. The highest BCUT2D eigenvalue weighted by Crippen LogP contribution is 2.08. The van der Waals surface area contributed by atoms with Crippen LogP contribution in [0, 0.1) is 0 Å². The summed E-state index contributed by atoms with van der Waals surface area (Å²) in [5, 5.41) is 7.80. The third-order valence-electron chi connectivity index (χ3n) is 2.78. The molecular weight excluding hydrogens is 214 g/mol. The maximum Gasteiger partial charge on any atom is 0.243 e. The lowest BCUT2D eigenvalue weighted by molar-refractivity contribution is -0.118. The van der Waals surface area contributed by atoms with E-state index in [2.05, 4.69) is 17.2 Å². The largest absolute Gasteiger partial charge is 0.368 e. The number of primary amides is 1. The number of carbonyl (C=O) groups excluding carboxylic acids is 1. The number of rotatable bonds is 11. The molecule has 4 nitrogen and oxygen atoms in total. The fraction of sp³-hybridized carbons (Fsp3) is 0.923. The third-order valence-corrected chi connectivity index (χ3v) is 2.78. The van der Waals surface area contributed by atoms with E-state index in [9.17, 15) is 4.79 Å². The summed E-state index contributed by atoms with van der Waals surface area (Å²) in [4.78, 5) is 10.7. The predicted molar refractivity (Wildman–Crippen MR) is 71.0 cm³/mol. The second kappa shape index (κ2) is 11.6. The minimum Gasteiger partial charge on any atom is -0.368 e. The fourth-order valence-corrected chi connectivity index (χ4v) is 1.55. The van der Waals surface area contributed by atoms with Gasteiger partial charge in [0.2, 0.25) is 5.91 Å². The number of nitrogens with two attached hydrogens (primary N) is 1. The summed E-state index contributed by atoms with van der Waals surface area (Å²) in [7, 11) is 0. The van der Waals surface area contributed by atoms with Gasteiger partial charge >= 0.3 is 0 Å². The zero-order valence-corrected chi connectivity index (χ0v) is 11.3. The monoisotopic (exact) mass is 241 g/mol. The highest BCUT2D eigenvalue weighted by molar-refractivity contribution is 5.79. The van der Waals surface area contributed by atoms with Crippen molar-refractivity contribution < 1.29 is 4.79 Å². The van der Waals surface area contributed by atoms with E-state index < -0.39 is 11.9 Å². The van der Waals surface area contributed by atoms with E-state index >= 15 is 0 Å². The van der Waals surface area contributed by atoms with Gasteiger partial charge in [0.05, 0.1) is 6.54 Å². The molecule has 17 heavy (non-hydrogen) atoms. The number of unbranched alkanes of at least 4 members (excludes halogenated alkanes) is 7. The van der Waals surface area contributed by atoms with Crippen molar-refractivity contribution in [2.45, 2.75) is 71.3 Å². The van der Waals surface area contributed by atoms with E-state index in [1.165, 1.54) is 44.9 Å². The quantitative estimate of drug-likeness (QED) is 0.437. The Kier molecular flexibility index (Phi) is 10.9. The fourth-order valence-electron chi connectivity index (χ4n) is 1.55. The van der Waals surface area contributed by atoms with Gasteiger partial charge in [-0.15, -0.1) is 0 Å². The minimum atomic E-state index is -0.482. The van der Waals surface area contributed by atoms with Gasteiger partial charge in [0.15, 0.2) is 0 Å². The highest BCUT2D eigenvalue weighted by Gasteiger charge is 2.04. The van der Waals surface area contributed by atoms with Crippen LogP contribution >= 0.6 is 0 Å². The Balaban J connectivity index is 3.21. The first kappa shape index (κ1) is 16.1. The predicted octanol–water partition coefficient (Wildman–Crippen LogP) is 3.45. The van der Waals surface area contributed by atoms with Crippen molar-refractivity contribution in [2.75, 3.05) is 6.54 Å². The summed E-state index contributed by atoms with van der Waals surface area (Å²) in [5.74, 6) is -0.412. The molecule has 0 heterocycles. The first-order chi connectivity index (χ1) is 8.18. The molecule has 100 valence electrons. The SMILES string of the molecule is CCCCCCCCCCN=NC(C)C(N)=O. The van der Waals surface area contributed by atoms with Crippen molar-refractivity contribution in [2.24, 2.45) is 16.0 Å². The van der Waals surface area contributed by atoms with Gasteiger partial charge in [0.1, 0.15) is 6.04 Å². The number of hydrogen-bond acceptors (Lipinski definition) is 3. The van der Waals surface area contributed by atoms with E-state index in [1.807, 2.05) is 0 Å². The number of azo groups is 1. The van der Waals surface area contributed by atoms with Crippen LogP contribution in [-0.4, -0.2) is 18.5 Å². The molecule has 0 aromatic rings. The average Bonchev–Trinajstić information content (AvgIpc) is 2.31. The van der Waals surface area contributed by atoms with Crippen LogP contribution in [-0.2, 0) is 4.79 Å². The first-order valence-electron chi connectivity index (χ1n) is 6.84. The van der Waals surface area contributed by atoms with Crippen molar-refractivity contribution >= 4 is 5.91 Å². The van der Waals surface area contributed by atoms with E-state index in [1.54, 1.807) is 6.92 Å². The molecule has 1 unspecified atom stereocenters. The highest BCUT2D eigenvalue weighted by atomic mass is 16.1. The lowest BCUT2D eigenvalue weighted by atomic mass is 10.1. The lowest BCUT2D eigenvalue weighted by Crippen LogP contribution is -2.23. The van der Waals surface area contributed by atoms with E-state index in [0.29, 0.717) is 6.54 Å². The molecule has 0 saturated heterocycles. The molecule has 0 radical (unpaired) electrons. The van der Waals surface area contributed by atoms with Crippen molar-refractivity contribution in [3.63, 3.8) is 0 Å². The molecule has 0 fully saturated rings. The second-order valence-corrected chi connectivity index (χ2v) is 4.53. The van der Waals surface area contributed by atoms with Gasteiger partial charge in [-0.25, -0.2) is 0 Å². The molecule has 0 aliphatic heterocycles.